The van der Waals surface area contributed by atoms with Crippen molar-refractivity contribution in [3.8, 4) is 22.9 Å². The number of hydrogen-bond donors (Lipinski definition) is 0. The normalized spacial score (nSPS) is 11.4. The fourth-order valence-electron chi connectivity index (χ4n) is 4.74. The summed E-state index contributed by atoms with van der Waals surface area (Å²) in [7, 11) is 1.61. The highest BCUT2D eigenvalue weighted by Gasteiger charge is 2.19. The van der Waals surface area contributed by atoms with Crippen molar-refractivity contribution < 1.29 is 18.8 Å². The van der Waals surface area contributed by atoms with Crippen molar-refractivity contribution in [3.05, 3.63) is 127 Å². The predicted octanol–water partition coefficient (Wildman–Crippen LogP) is 7.01. The Balaban J connectivity index is 1.67. The Labute approximate surface area is 247 Å². The summed E-state index contributed by atoms with van der Waals surface area (Å²) in [4.78, 5) is 29.7. The number of aryl methyl sites for hydroxylation is 1. The molecule has 0 amide bonds. The molecule has 0 aliphatic rings. The molecule has 0 fully saturated rings. The summed E-state index contributed by atoms with van der Waals surface area (Å²) in [6.45, 7) is 5.87. The standard InChI is InChI=1S/C33H29FN4O5/c1-20(2)26-17-27(21(3)15-31(26)42-4)32-36-29-12-8-6-10-25(29)33(39)37(32)35-18-23-16-24(38(40)41)13-14-30(23)43-19-22-9-5-7-11-28(22)34/h5-18,20H,19H2,1-4H3. The van der Waals surface area contributed by atoms with Gasteiger partial charge in [-0.25, -0.2) is 9.37 Å². The maximum atomic E-state index is 14.2. The topological polar surface area (TPSA) is 109 Å². The minimum atomic E-state index is -0.540. The molecular weight excluding hydrogens is 551 g/mol. The highest BCUT2D eigenvalue weighted by molar-refractivity contribution is 5.85. The van der Waals surface area contributed by atoms with E-state index in [1.807, 2.05) is 32.9 Å². The van der Waals surface area contributed by atoms with Gasteiger partial charge in [-0.15, -0.1) is 0 Å². The number of nitro groups is 1. The maximum Gasteiger partial charge on any atom is 0.282 e. The van der Waals surface area contributed by atoms with Crippen molar-refractivity contribution in [2.24, 2.45) is 5.10 Å². The number of non-ortho nitro benzene ring substituents is 1. The third-order valence-corrected chi connectivity index (χ3v) is 7.05. The molecule has 0 spiro atoms. The summed E-state index contributed by atoms with van der Waals surface area (Å²) in [6.07, 6.45) is 1.31. The second-order valence-corrected chi connectivity index (χ2v) is 10.2. The Hall–Kier alpha value is -5.38. The second-order valence-electron chi connectivity index (χ2n) is 10.2. The molecule has 0 N–H and O–H groups in total. The number of para-hydroxylation sites is 1. The van der Waals surface area contributed by atoms with E-state index in [4.69, 9.17) is 14.5 Å². The number of ether oxygens (including phenoxy) is 2. The van der Waals surface area contributed by atoms with Gasteiger partial charge >= 0.3 is 0 Å². The Bertz CT molecular complexity index is 1930. The van der Waals surface area contributed by atoms with Gasteiger partial charge in [-0.3, -0.25) is 14.9 Å². The SMILES string of the molecule is COc1cc(C)c(-c2nc3ccccc3c(=O)n2N=Cc2cc([N+](=O)[O-])ccc2OCc2ccccc2F)cc1C(C)C. The zero-order valence-corrected chi connectivity index (χ0v) is 24.1. The van der Waals surface area contributed by atoms with Gasteiger partial charge in [0.2, 0.25) is 0 Å². The molecular formula is C33H29FN4O5. The lowest BCUT2D eigenvalue weighted by Crippen LogP contribution is -2.21. The summed E-state index contributed by atoms with van der Waals surface area (Å²) >= 11 is 0. The summed E-state index contributed by atoms with van der Waals surface area (Å²) in [5, 5.41) is 16.4. The number of benzene rings is 4. The first-order chi connectivity index (χ1) is 20.7. The van der Waals surface area contributed by atoms with Crippen LogP contribution in [0.5, 0.6) is 11.5 Å². The van der Waals surface area contributed by atoms with Gasteiger partial charge in [0.15, 0.2) is 5.82 Å². The molecule has 0 unspecified atom stereocenters. The number of rotatable bonds is 9. The fraction of sp³-hybridized carbons (Fsp3) is 0.182. The molecule has 10 heteroatoms. The first-order valence-corrected chi connectivity index (χ1v) is 13.6. The fourth-order valence-corrected chi connectivity index (χ4v) is 4.74. The van der Waals surface area contributed by atoms with Gasteiger partial charge in [-0.05, 0) is 60.4 Å². The Kier molecular flexibility index (Phi) is 8.29. The first-order valence-electron chi connectivity index (χ1n) is 13.6. The largest absolute Gasteiger partial charge is 0.496 e. The molecule has 1 heterocycles. The van der Waals surface area contributed by atoms with E-state index >= 15 is 0 Å². The minimum absolute atomic E-state index is 0.114. The van der Waals surface area contributed by atoms with Crippen LogP contribution in [0.3, 0.4) is 0 Å². The first kappa shape index (κ1) is 29.1. The molecule has 5 aromatic rings. The number of halogens is 1. The van der Waals surface area contributed by atoms with Crippen molar-refractivity contribution in [2.75, 3.05) is 7.11 Å². The van der Waals surface area contributed by atoms with Gasteiger partial charge in [0, 0.05) is 28.8 Å². The van der Waals surface area contributed by atoms with Crippen LogP contribution in [0.25, 0.3) is 22.3 Å². The molecule has 1 aromatic heterocycles. The highest BCUT2D eigenvalue weighted by atomic mass is 19.1. The predicted molar refractivity (Wildman–Crippen MR) is 164 cm³/mol. The summed E-state index contributed by atoms with van der Waals surface area (Å²) in [5.41, 5.74) is 2.86. The van der Waals surface area contributed by atoms with Gasteiger partial charge in [-0.1, -0.05) is 44.2 Å². The van der Waals surface area contributed by atoms with E-state index in [1.165, 1.54) is 35.2 Å². The number of fused-ring (bicyclic) bond motifs is 1. The molecule has 0 atom stereocenters. The third kappa shape index (κ3) is 5.99. The molecule has 5 rings (SSSR count). The highest BCUT2D eigenvalue weighted by Crippen LogP contribution is 2.34. The number of nitrogens with zero attached hydrogens (tertiary/aromatic N) is 4. The van der Waals surface area contributed by atoms with Crippen LogP contribution in [0.2, 0.25) is 0 Å². The average Bonchev–Trinajstić information content (AvgIpc) is 3.00. The van der Waals surface area contributed by atoms with Crippen molar-refractivity contribution in [1.82, 2.24) is 9.66 Å². The van der Waals surface area contributed by atoms with E-state index < -0.39 is 16.3 Å². The Morgan fingerprint density at radius 2 is 1.79 bits per heavy atom. The van der Waals surface area contributed by atoms with Crippen LogP contribution in [0.1, 0.15) is 42.0 Å². The summed E-state index contributed by atoms with van der Waals surface area (Å²) in [6, 6.07) is 21.0. The molecule has 218 valence electrons. The Morgan fingerprint density at radius 1 is 1.05 bits per heavy atom. The lowest BCUT2D eigenvalue weighted by Gasteiger charge is -2.17. The monoisotopic (exact) mass is 580 g/mol. The molecule has 0 radical (unpaired) electrons. The van der Waals surface area contributed by atoms with E-state index in [1.54, 1.807) is 49.6 Å². The van der Waals surface area contributed by atoms with Crippen molar-refractivity contribution in [2.45, 2.75) is 33.3 Å². The average molecular weight is 581 g/mol. The van der Waals surface area contributed by atoms with Crippen molar-refractivity contribution in [1.29, 1.82) is 0 Å². The van der Waals surface area contributed by atoms with Gasteiger partial charge in [0.1, 0.15) is 23.9 Å². The van der Waals surface area contributed by atoms with Crippen molar-refractivity contribution >= 4 is 22.8 Å². The zero-order valence-electron chi connectivity index (χ0n) is 24.1. The number of hydrogen-bond acceptors (Lipinski definition) is 7. The number of aromatic nitrogens is 2. The van der Waals surface area contributed by atoms with E-state index in [2.05, 4.69) is 5.10 Å². The number of nitro benzene ring substituents is 1. The van der Waals surface area contributed by atoms with Gasteiger partial charge in [0.05, 0.1) is 29.2 Å². The van der Waals surface area contributed by atoms with Gasteiger partial charge in [-0.2, -0.15) is 9.78 Å². The van der Waals surface area contributed by atoms with Crippen LogP contribution in [0, 0.1) is 22.9 Å². The van der Waals surface area contributed by atoms with Crippen LogP contribution in [0.15, 0.2) is 88.8 Å². The lowest BCUT2D eigenvalue weighted by molar-refractivity contribution is -0.384. The molecule has 0 saturated carbocycles. The Morgan fingerprint density at radius 3 is 2.51 bits per heavy atom. The molecule has 4 aromatic carbocycles. The molecule has 9 nitrogen and oxygen atoms in total. The van der Waals surface area contributed by atoms with Gasteiger partial charge < -0.3 is 9.47 Å². The van der Waals surface area contributed by atoms with Crippen LogP contribution in [-0.2, 0) is 6.61 Å². The third-order valence-electron chi connectivity index (χ3n) is 7.05. The summed E-state index contributed by atoms with van der Waals surface area (Å²) < 4.78 is 26.9. The van der Waals surface area contributed by atoms with Crippen LogP contribution in [0.4, 0.5) is 10.1 Å². The van der Waals surface area contributed by atoms with E-state index in [0.717, 1.165) is 16.9 Å². The summed E-state index contributed by atoms with van der Waals surface area (Å²) in [5.74, 6) is 0.929. The van der Waals surface area contributed by atoms with Crippen molar-refractivity contribution in [3.63, 3.8) is 0 Å². The smallest absolute Gasteiger partial charge is 0.282 e. The van der Waals surface area contributed by atoms with Crippen LogP contribution >= 0.6 is 0 Å². The second kappa shape index (κ2) is 12.2. The van der Waals surface area contributed by atoms with E-state index in [-0.39, 0.29) is 29.5 Å². The molecule has 0 saturated heterocycles. The van der Waals surface area contributed by atoms with Crippen LogP contribution in [-0.4, -0.2) is 27.9 Å². The lowest BCUT2D eigenvalue weighted by atomic mass is 9.96. The molecule has 0 aliphatic carbocycles. The van der Waals surface area contributed by atoms with Gasteiger partial charge in [0.25, 0.3) is 11.2 Å². The molecule has 0 bridgehead atoms. The van der Waals surface area contributed by atoms with E-state index in [9.17, 15) is 19.3 Å². The number of methoxy groups -OCH3 is 1. The quantitative estimate of drug-likeness (QED) is 0.105. The minimum Gasteiger partial charge on any atom is -0.496 e. The van der Waals surface area contributed by atoms with E-state index in [0.29, 0.717) is 27.9 Å². The van der Waals surface area contributed by atoms with Crippen LogP contribution < -0.4 is 15.0 Å². The molecule has 0 aliphatic heterocycles. The molecule has 43 heavy (non-hydrogen) atoms. The zero-order chi connectivity index (χ0) is 30.7. The maximum absolute atomic E-state index is 14.2.